The van der Waals surface area contributed by atoms with Gasteiger partial charge in [-0.2, -0.15) is 0 Å². The van der Waals surface area contributed by atoms with Crippen molar-refractivity contribution in [1.82, 2.24) is 4.90 Å². The van der Waals surface area contributed by atoms with Crippen molar-refractivity contribution in [3.05, 3.63) is 11.3 Å². The molecule has 0 aromatic carbocycles. The van der Waals surface area contributed by atoms with Gasteiger partial charge in [0.1, 0.15) is 0 Å². The summed E-state index contributed by atoms with van der Waals surface area (Å²) in [5.41, 5.74) is 1.45. The molecule has 0 aliphatic heterocycles. The molecular formula is C13H25NO2. The van der Waals surface area contributed by atoms with Gasteiger partial charge in [0, 0.05) is 17.8 Å². The predicted molar refractivity (Wildman–Crippen MR) is 67.4 cm³/mol. The lowest BCUT2D eigenvalue weighted by atomic mass is 10.1. The minimum Gasteiger partial charge on any atom is -0.478 e. The highest BCUT2D eigenvalue weighted by Gasteiger charge is 2.20. The summed E-state index contributed by atoms with van der Waals surface area (Å²) < 4.78 is 0. The van der Waals surface area contributed by atoms with Gasteiger partial charge < -0.3 is 10.0 Å². The Labute approximate surface area is 99.1 Å². The van der Waals surface area contributed by atoms with Gasteiger partial charge in [0.05, 0.1) is 5.57 Å². The van der Waals surface area contributed by atoms with E-state index in [4.69, 9.17) is 5.11 Å². The third-order valence-corrected chi connectivity index (χ3v) is 2.66. The van der Waals surface area contributed by atoms with Crippen LogP contribution in [0.15, 0.2) is 11.3 Å². The maximum absolute atomic E-state index is 11.1. The Morgan fingerprint density at radius 1 is 1.19 bits per heavy atom. The molecule has 0 bridgehead atoms. The zero-order valence-corrected chi connectivity index (χ0v) is 11.4. The summed E-state index contributed by atoms with van der Waals surface area (Å²) in [5.74, 6) is -0.810. The van der Waals surface area contributed by atoms with E-state index < -0.39 is 5.97 Å². The second kappa shape index (κ2) is 6.56. The molecule has 0 spiro atoms. The summed E-state index contributed by atoms with van der Waals surface area (Å²) in [6, 6.07) is 0.659. The third-order valence-electron chi connectivity index (χ3n) is 2.66. The van der Waals surface area contributed by atoms with Crippen molar-refractivity contribution in [2.75, 3.05) is 0 Å². The lowest BCUT2D eigenvalue weighted by Crippen LogP contribution is -2.37. The molecule has 0 unspecified atom stereocenters. The molecule has 0 saturated heterocycles. The molecule has 0 rings (SSSR count). The Morgan fingerprint density at radius 2 is 1.62 bits per heavy atom. The first-order chi connectivity index (χ1) is 7.32. The lowest BCUT2D eigenvalue weighted by Gasteiger charge is -2.36. The minimum atomic E-state index is -0.810. The zero-order chi connectivity index (χ0) is 12.9. The molecule has 0 amide bonds. The van der Waals surface area contributed by atoms with E-state index in [1.807, 2.05) is 0 Å². The number of carboxylic acids is 1. The van der Waals surface area contributed by atoms with Gasteiger partial charge in [0.2, 0.25) is 0 Å². The molecule has 0 aromatic heterocycles. The van der Waals surface area contributed by atoms with Crippen LogP contribution in [-0.4, -0.2) is 28.1 Å². The quantitative estimate of drug-likeness (QED) is 0.708. The van der Waals surface area contributed by atoms with Crippen LogP contribution in [0.4, 0.5) is 0 Å². The fourth-order valence-electron chi connectivity index (χ4n) is 2.09. The molecule has 0 saturated carbocycles. The molecule has 3 nitrogen and oxygen atoms in total. The van der Waals surface area contributed by atoms with E-state index in [2.05, 4.69) is 39.5 Å². The summed E-state index contributed by atoms with van der Waals surface area (Å²) in [6.45, 7) is 12.2. The Balaban J connectivity index is 5.31. The molecule has 0 aliphatic carbocycles. The minimum absolute atomic E-state index is 0.329. The maximum Gasteiger partial charge on any atom is 0.333 e. The Hall–Kier alpha value is -0.990. The first-order valence-electron chi connectivity index (χ1n) is 6.04. The van der Waals surface area contributed by atoms with Crippen LogP contribution < -0.4 is 0 Å². The molecule has 1 N–H and O–H groups in total. The Morgan fingerprint density at radius 3 is 1.88 bits per heavy atom. The molecule has 94 valence electrons. The van der Waals surface area contributed by atoms with Crippen LogP contribution in [0.2, 0.25) is 0 Å². The number of hydrogen-bond donors (Lipinski definition) is 1. The van der Waals surface area contributed by atoms with Crippen LogP contribution in [-0.2, 0) is 4.79 Å². The molecule has 0 heterocycles. The van der Waals surface area contributed by atoms with Gasteiger partial charge in [0.25, 0.3) is 0 Å². The van der Waals surface area contributed by atoms with Gasteiger partial charge in [-0.15, -0.1) is 0 Å². The third kappa shape index (κ3) is 3.87. The molecule has 0 fully saturated rings. The Bertz CT molecular complexity index is 259. The van der Waals surface area contributed by atoms with Gasteiger partial charge in [-0.3, -0.25) is 0 Å². The van der Waals surface area contributed by atoms with Crippen LogP contribution in [0.3, 0.4) is 0 Å². The number of carbonyl (C=O) groups is 1. The van der Waals surface area contributed by atoms with E-state index >= 15 is 0 Å². The monoisotopic (exact) mass is 227 g/mol. The molecule has 16 heavy (non-hydrogen) atoms. The highest BCUT2D eigenvalue weighted by Crippen LogP contribution is 2.22. The van der Waals surface area contributed by atoms with Crippen molar-refractivity contribution in [3.63, 3.8) is 0 Å². The maximum atomic E-state index is 11.1. The lowest BCUT2D eigenvalue weighted by molar-refractivity contribution is -0.132. The Kier molecular flexibility index (Phi) is 6.16. The molecule has 0 aliphatic rings. The highest BCUT2D eigenvalue weighted by molar-refractivity contribution is 5.86. The highest BCUT2D eigenvalue weighted by atomic mass is 16.4. The predicted octanol–water partition coefficient (Wildman–Crippen LogP) is 3.26. The van der Waals surface area contributed by atoms with Crippen molar-refractivity contribution in [1.29, 1.82) is 0 Å². The summed E-state index contributed by atoms with van der Waals surface area (Å²) >= 11 is 0. The fourth-order valence-corrected chi connectivity index (χ4v) is 2.09. The van der Waals surface area contributed by atoms with Crippen molar-refractivity contribution in [2.45, 2.75) is 66.5 Å². The van der Waals surface area contributed by atoms with E-state index in [0.29, 0.717) is 17.7 Å². The molecular weight excluding hydrogens is 202 g/mol. The molecule has 0 atom stereocenters. The number of carboxylic acid groups (broad SMARTS) is 1. The summed E-state index contributed by atoms with van der Waals surface area (Å²) in [5, 5.41) is 9.11. The van der Waals surface area contributed by atoms with Gasteiger partial charge in [-0.25, -0.2) is 4.79 Å². The van der Waals surface area contributed by atoms with E-state index in [0.717, 1.165) is 18.5 Å². The van der Waals surface area contributed by atoms with Gasteiger partial charge in [-0.1, -0.05) is 13.3 Å². The zero-order valence-electron chi connectivity index (χ0n) is 11.4. The van der Waals surface area contributed by atoms with Gasteiger partial charge >= 0.3 is 5.97 Å². The van der Waals surface area contributed by atoms with Crippen molar-refractivity contribution in [2.24, 2.45) is 0 Å². The summed E-state index contributed by atoms with van der Waals surface area (Å²) in [6.07, 6.45) is 1.80. The average Bonchev–Trinajstić information content (AvgIpc) is 2.14. The first kappa shape index (κ1) is 15.0. The topological polar surface area (TPSA) is 40.5 Å². The van der Waals surface area contributed by atoms with Crippen molar-refractivity contribution in [3.8, 4) is 0 Å². The van der Waals surface area contributed by atoms with Crippen molar-refractivity contribution < 1.29 is 9.90 Å². The molecule has 0 aromatic rings. The number of allylic oxidation sites excluding steroid dienone is 1. The smallest absolute Gasteiger partial charge is 0.333 e. The second-order valence-corrected chi connectivity index (χ2v) is 4.72. The summed E-state index contributed by atoms with van der Waals surface area (Å²) in [4.78, 5) is 13.3. The summed E-state index contributed by atoms with van der Waals surface area (Å²) in [7, 11) is 0. The average molecular weight is 227 g/mol. The van der Waals surface area contributed by atoms with E-state index in [1.54, 1.807) is 6.92 Å². The van der Waals surface area contributed by atoms with Gasteiger partial charge in [0.15, 0.2) is 0 Å². The largest absolute Gasteiger partial charge is 0.478 e. The second-order valence-electron chi connectivity index (χ2n) is 4.72. The van der Waals surface area contributed by atoms with E-state index in [-0.39, 0.29) is 0 Å². The number of aliphatic carboxylic acids is 1. The SMILES string of the molecule is CCC/C(=C(/C)C(=O)O)N(C(C)C)C(C)C. The normalized spacial score (nSPS) is 13.0. The van der Waals surface area contributed by atoms with Crippen LogP contribution in [0, 0.1) is 0 Å². The van der Waals surface area contributed by atoms with Crippen LogP contribution >= 0.6 is 0 Å². The number of nitrogens with zero attached hydrogens (tertiary/aromatic N) is 1. The standard InChI is InChI=1S/C13H25NO2/c1-7-8-12(11(6)13(15)16)14(9(2)3)10(4)5/h9-10H,7-8H2,1-6H3,(H,15,16)/b12-11+. The number of rotatable bonds is 6. The fraction of sp³-hybridized carbons (Fsp3) is 0.769. The van der Waals surface area contributed by atoms with Crippen LogP contribution in [0.5, 0.6) is 0 Å². The van der Waals surface area contributed by atoms with E-state index in [1.165, 1.54) is 0 Å². The van der Waals surface area contributed by atoms with E-state index in [9.17, 15) is 4.79 Å². The number of hydrogen-bond acceptors (Lipinski definition) is 2. The first-order valence-corrected chi connectivity index (χ1v) is 6.04. The van der Waals surface area contributed by atoms with Crippen LogP contribution in [0.1, 0.15) is 54.4 Å². The van der Waals surface area contributed by atoms with Crippen LogP contribution in [0.25, 0.3) is 0 Å². The molecule has 3 heteroatoms. The van der Waals surface area contributed by atoms with Crippen molar-refractivity contribution >= 4 is 5.97 Å². The molecule has 0 radical (unpaired) electrons. The van der Waals surface area contributed by atoms with Gasteiger partial charge in [-0.05, 0) is 41.0 Å².